The maximum atomic E-state index is 12.3. The Bertz CT molecular complexity index is 3300. The molecule has 302 valence electrons. The van der Waals surface area contributed by atoms with Gasteiger partial charge < -0.3 is 21.7 Å². The van der Waals surface area contributed by atoms with Crippen LogP contribution in [-0.2, 0) is 40.5 Å². The molecular weight excluding hydrogens is 845 g/mol. The largest absolute Gasteiger partial charge is 0.505 e. The molecule has 0 fully saturated rings. The van der Waals surface area contributed by atoms with E-state index in [4.69, 9.17) is 11.5 Å². The average Bonchev–Trinajstić information content (AvgIpc) is 3.09. The summed E-state index contributed by atoms with van der Waals surface area (Å²) in [6.07, 6.45) is 0. The Labute approximate surface area is 328 Å². The van der Waals surface area contributed by atoms with Crippen LogP contribution in [0.2, 0.25) is 0 Å². The Morgan fingerprint density at radius 2 is 0.931 bits per heavy atom. The number of fused-ring (bicyclic) bond motifs is 2. The van der Waals surface area contributed by atoms with Gasteiger partial charge in [-0.05, 0) is 108 Å². The fourth-order valence-electron chi connectivity index (χ4n) is 5.94. The summed E-state index contributed by atoms with van der Waals surface area (Å²) in [5.74, 6) is -1.66. The van der Waals surface area contributed by atoms with E-state index in [0.717, 1.165) is 36.4 Å². The predicted octanol–water partition coefficient (Wildman–Crippen LogP) is 6.67. The van der Waals surface area contributed by atoms with Gasteiger partial charge in [-0.1, -0.05) is 12.1 Å². The summed E-state index contributed by atoms with van der Waals surface area (Å²) in [6, 6.07) is 14.8. The zero-order valence-corrected chi connectivity index (χ0v) is 32.7. The Morgan fingerprint density at radius 1 is 0.483 bits per heavy atom. The van der Waals surface area contributed by atoms with E-state index in [1.807, 2.05) is 0 Å². The van der Waals surface area contributed by atoms with Gasteiger partial charge in [-0.2, -0.15) is 43.9 Å². The van der Waals surface area contributed by atoms with Gasteiger partial charge in [0.2, 0.25) is 0 Å². The summed E-state index contributed by atoms with van der Waals surface area (Å²) in [6.45, 7) is 3.29. The van der Waals surface area contributed by atoms with Crippen LogP contribution in [0.5, 0.6) is 11.5 Å². The molecule has 6 aromatic carbocycles. The van der Waals surface area contributed by atoms with Gasteiger partial charge in [0.05, 0.1) is 22.0 Å². The smallest absolute Gasteiger partial charge is 0.296 e. The first kappa shape index (κ1) is 41.5. The lowest BCUT2D eigenvalue weighted by atomic mass is 10.0. The van der Waals surface area contributed by atoms with Crippen molar-refractivity contribution in [3.8, 4) is 22.6 Å². The molecule has 0 unspecified atom stereocenters. The minimum Gasteiger partial charge on any atom is -0.505 e. The number of nitrogens with two attached hydrogens (primary N) is 2. The van der Waals surface area contributed by atoms with Gasteiger partial charge in [-0.25, -0.2) is 0 Å². The molecule has 0 aliphatic rings. The number of phenolic OH excluding ortho intramolecular Hbond substituents is 2. The number of nitrogen functional groups attached to an aromatic ring is 2. The molecule has 0 atom stereocenters. The first-order valence-electron chi connectivity index (χ1n) is 15.9. The molecule has 0 spiro atoms. The highest BCUT2D eigenvalue weighted by Gasteiger charge is 2.26. The number of hydrogen-bond donors (Lipinski definition) is 8. The van der Waals surface area contributed by atoms with Crippen molar-refractivity contribution in [2.75, 3.05) is 11.5 Å². The molecule has 6 rings (SSSR count). The van der Waals surface area contributed by atoms with Crippen molar-refractivity contribution in [1.82, 2.24) is 0 Å². The highest BCUT2D eigenvalue weighted by molar-refractivity contribution is 7.86. The van der Waals surface area contributed by atoms with Gasteiger partial charge in [-0.3, -0.25) is 18.2 Å². The summed E-state index contributed by atoms with van der Waals surface area (Å²) in [7, 11) is -19.8. The Hall–Kier alpha value is -6.12. The monoisotopic (exact) mass is 872 g/mol. The van der Waals surface area contributed by atoms with Crippen LogP contribution in [0.1, 0.15) is 11.1 Å². The molecule has 0 radical (unpaired) electrons. The summed E-state index contributed by atoms with van der Waals surface area (Å²) in [5.41, 5.74) is 12.1. The zero-order chi connectivity index (χ0) is 42.9. The van der Waals surface area contributed by atoms with Crippen molar-refractivity contribution in [2.24, 2.45) is 20.5 Å². The SMILES string of the molecule is Cc1cc(-c2ccc(/N=N\c3c(S(=O)(=O)O)cc4cc(S(=O)(=O)O)c(N)cc4c3O)c(C)c2)ccc1N=Nc1c(S(=O)(=O)O)cc2cc(S(=O)(=O)O)cc(N)c2c1O. The van der Waals surface area contributed by atoms with Crippen LogP contribution in [0.4, 0.5) is 34.1 Å². The summed E-state index contributed by atoms with van der Waals surface area (Å²) >= 11 is 0. The minimum atomic E-state index is -5.08. The van der Waals surface area contributed by atoms with Gasteiger partial charge in [0.1, 0.15) is 26.1 Å². The number of rotatable bonds is 9. The fourth-order valence-corrected chi connectivity index (χ4v) is 8.44. The Balaban J connectivity index is 1.33. The van der Waals surface area contributed by atoms with E-state index in [1.165, 1.54) is 12.1 Å². The second kappa shape index (κ2) is 14.4. The van der Waals surface area contributed by atoms with Crippen molar-refractivity contribution in [3.63, 3.8) is 0 Å². The van der Waals surface area contributed by atoms with Crippen molar-refractivity contribution < 1.29 is 62.1 Å². The number of nitrogens with zero attached hydrogens (tertiary/aromatic N) is 4. The quantitative estimate of drug-likeness (QED) is 0.0427. The molecule has 0 heterocycles. The number of aryl methyl sites for hydroxylation is 2. The van der Waals surface area contributed by atoms with Crippen LogP contribution in [0.3, 0.4) is 0 Å². The van der Waals surface area contributed by atoms with Crippen LogP contribution < -0.4 is 11.5 Å². The van der Waals surface area contributed by atoms with Gasteiger partial charge >= 0.3 is 0 Å². The topological polar surface area (TPSA) is 359 Å². The van der Waals surface area contributed by atoms with E-state index in [9.17, 15) is 62.1 Å². The van der Waals surface area contributed by atoms with Crippen LogP contribution in [0, 0.1) is 13.8 Å². The molecule has 24 heteroatoms. The molecule has 0 bridgehead atoms. The number of phenols is 2. The Kier molecular flexibility index (Phi) is 10.3. The van der Waals surface area contributed by atoms with Crippen LogP contribution in [0.15, 0.2) is 113 Å². The molecule has 6 aromatic rings. The lowest BCUT2D eigenvalue weighted by molar-refractivity contribution is 0.471. The molecule has 0 aliphatic heterocycles. The molecule has 58 heavy (non-hydrogen) atoms. The van der Waals surface area contributed by atoms with Gasteiger partial charge in [-0.15, -0.1) is 10.2 Å². The molecule has 0 amide bonds. The van der Waals surface area contributed by atoms with Gasteiger partial charge in [0, 0.05) is 16.5 Å². The molecule has 0 aromatic heterocycles. The summed E-state index contributed by atoms with van der Waals surface area (Å²) in [5, 5.41) is 37.0. The van der Waals surface area contributed by atoms with E-state index < -0.39 is 88.6 Å². The second-order valence-corrected chi connectivity index (χ2v) is 18.3. The van der Waals surface area contributed by atoms with Gasteiger partial charge in [0.15, 0.2) is 11.5 Å². The number of hydrogen-bond acceptors (Lipinski definition) is 16. The van der Waals surface area contributed by atoms with Gasteiger partial charge in [0.25, 0.3) is 40.5 Å². The van der Waals surface area contributed by atoms with E-state index >= 15 is 0 Å². The molecule has 0 aliphatic carbocycles. The van der Waals surface area contributed by atoms with E-state index in [-0.39, 0.29) is 38.6 Å². The number of anilines is 2. The molecule has 0 saturated heterocycles. The van der Waals surface area contributed by atoms with Crippen molar-refractivity contribution >= 4 is 96.1 Å². The molecular formula is C34H28N6O14S4. The first-order valence-corrected chi connectivity index (χ1v) is 21.6. The molecule has 0 saturated carbocycles. The third kappa shape index (κ3) is 8.02. The van der Waals surface area contributed by atoms with E-state index in [2.05, 4.69) is 20.5 Å². The third-order valence-corrected chi connectivity index (χ3v) is 12.2. The molecule has 10 N–H and O–H groups in total. The van der Waals surface area contributed by atoms with Crippen LogP contribution in [-0.4, -0.2) is 62.1 Å². The first-order chi connectivity index (χ1) is 26.8. The second-order valence-electron chi connectivity index (χ2n) is 12.7. The van der Waals surface area contributed by atoms with Crippen molar-refractivity contribution in [2.45, 2.75) is 33.4 Å². The zero-order valence-electron chi connectivity index (χ0n) is 29.5. The molecule has 20 nitrogen and oxygen atoms in total. The van der Waals surface area contributed by atoms with Crippen molar-refractivity contribution in [3.05, 3.63) is 83.9 Å². The summed E-state index contributed by atoms with van der Waals surface area (Å²) < 4.78 is 135. The standard InChI is InChI=1S/C34H28N6O14S4/c1-15-7-17(3-5-25(15)37-39-31-28(57(49,50)51)11-19-10-27(56(46,47)48)23(35)14-22(19)33(31)41)18-4-6-26(16(2)8-18)38-40-32-29(58(52,53)54)12-20-9-21(55(43,44)45)13-24(36)30(20)34(32)42/h3-14,41-42H,35-36H2,1-2H3,(H,43,44,45)(H,46,47,48)(H,49,50,51)(H,52,53,54)/b39-37-,40-38?. The van der Waals surface area contributed by atoms with Crippen LogP contribution >= 0.6 is 0 Å². The lowest BCUT2D eigenvalue weighted by Gasteiger charge is -2.12. The summed E-state index contributed by atoms with van der Waals surface area (Å²) in [4.78, 5) is -3.30. The average molecular weight is 873 g/mol. The third-order valence-electron chi connectivity index (χ3n) is 8.71. The Morgan fingerprint density at radius 3 is 1.38 bits per heavy atom. The maximum Gasteiger partial charge on any atom is 0.296 e. The van der Waals surface area contributed by atoms with Crippen LogP contribution in [0.25, 0.3) is 32.7 Å². The minimum absolute atomic E-state index is 0.161. The lowest BCUT2D eigenvalue weighted by Crippen LogP contribution is -2.04. The highest BCUT2D eigenvalue weighted by Crippen LogP contribution is 2.46. The highest BCUT2D eigenvalue weighted by atomic mass is 32.2. The normalized spacial score (nSPS) is 13.0. The predicted molar refractivity (Wildman–Crippen MR) is 209 cm³/mol. The van der Waals surface area contributed by atoms with E-state index in [0.29, 0.717) is 22.3 Å². The van der Waals surface area contributed by atoms with Crippen molar-refractivity contribution in [1.29, 1.82) is 0 Å². The number of azo groups is 2. The fraction of sp³-hybridized carbons (Fsp3) is 0.0588. The van der Waals surface area contributed by atoms with E-state index in [1.54, 1.807) is 38.1 Å². The number of benzene rings is 6. The maximum absolute atomic E-state index is 12.3. The number of aromatic hydroxyl groups is 2.